The zero-order valence-corrected chi connectivity index (χ0v) is 16.4. The molecule has 1 aromatic carbocycles. The SMILES string of the molecule is COc1cccc(N2CC(C(=O)N3CC(c4nc(-c5ccco5)no4)C3)CC2=O)c1. The van der Waals surface area contributed by atoms with Gasteiger partial charge in [-0.25, -0.2) is 0 Å². The number of likely N-dealkylation sites (tertiary alicyclic amines) is 1. The van der Waals surface area contributed by atoms with Gasteiger partial charge in [-0.3, -0.25) is 9.59 Å². The Balaban J connectivity index is 1.20. The van der Waals surface area contributed by atoms with Crippen molar-refractivity contribution in [3.05, 3.63) is 48.6 Å². The molecule has 9 nitrogen and oxygen atoms in total. The molecular formula is C21H20N4O5. The van der Waals surface area contributed by atoms with Crippen molar-refractivity contribution in [1.29, 1.82) is 0 Å². The number of nitrogens with zero attached hydrogens (tertiary/aromatic N) is 4. The molecule has 30 heavy (non-hydrogen) atoms. The number of anilines is 1. The van der Waals surface area contributed by atoms with Gasteiger partial charge in [-0.2, -0.15) is 4.98 Å². The standard InChI is InChI=1S/C21H20N4O5/c1-28-16-5-2-4-15(9-16)25-12-13(8-18(25)26)21(27)24-10-14(11-24)20-22-19(23-30-20)17-6-3-7-29-17/h2-7,9,13-14H,8,10-12H2,1H3. The highest BCUT2D eigenvalue weighted by Gasteiger charge is 2.42. The highest BCUT2D eigenvalue weighted by molar-refractivity contribution is 6.00. The third-order valence-electron chi connectivity index (χ3n) is 5.57. The second kappa shape index (κ2) is 7.33. The van der Waals surface area contributed by atoms with E-state index in [0.29, 0.717) is 42.9 Å². The van der Waals surface area contributed by atoms with Gasteiger partial charge >= 0.3 is 0 Å². The highest BCUT2D eigenvalue weighted by atomic mass is 16.5. The van der Waals surface area contributed by atoms with Gasteiger partial charge in [-0.1, -0.05) is 11.2 Å². The fourth-order valence-corrected chi connectivity index (χ4v) is 3.88. The van der Waals surface area contributed by atoms with Gasteiger partial charge in [0, 0.05) is 37.8 Å². The Morgan fingerprint density at radius 2 is 2.07 bits per heavy atom. The molecule has 0 saturated carbocycles. The number of hydrogen-bond acceptors (Lipinski definition) is 7. The first-order valence-electron chi connectivity index (χ1n) is 9.73. The van der Waals surface area contributed by atoms with E-state index in [1.54, 1.807) is 41.4 Å². The lowest BCUT2D eigenvalue weighted by Gasteiger charge is -2.38. The molecule has 4 heterocycles. The second-order valence-electron chi connectivity index (χ2n) is 7.48. The molecule has 9 heteroatoms. The Bertz CT molecular complexity index is 1070. The van der Waals surface area contributed by atoms with Crippen molar-refractivity contribution >= 4 is 17.5 Å². The first kappa shape index (κ1) is 18.4. The van der Waals surface area contributed by atoms with E-state index in [4.69, 9.17) is 13.7 Å². The first-order chi connectivity index (χ1) is 14.6. The Kier molecular flexibility index (Phi) is 4.50. The zero-order valence-electron chi connectivity index (χ0n) is 16.4. The lowest BCUT2D eigenvalue weighted by molar-refractivity contribution is -0.140. The summed E-state index contributed by atoms with van der Waals surface area (Å²) in [5.74, 6) is 1.67. The smallest absolute Gasteiger partial charge is 0.238 e. The number of ether oxygens (including phenoxy) is 1. The number of amides is 2. The molecule has 0 bridgehead atoms. The van der Waals surface area contributed by atoms with Gasteiger partial charge in [0.1, 0.15) is 5.75 Å². The molecule has 2 amide bonds. The van der Waals surface area contributed by atoms with Gasteiger partial charge in [0.15, 0.2) is 5.76 Å². The predicted molar refractivity (Wildman–Crippen MR) is 105 cm³/mol. The molecule has 2 aliphatic heterocycles. The van der Waals surface area contributed by atoms with Gasteiger partial charge in [0.05, 0.1) is 25.2 Å². The largest absolute Gasteiger partial charge is 0.497 e. The van der Waals surface area contributed by atoms with Crippen LogP contribution in [0.3, 0.4) is 0 Å². The maximum atomic E-state index is 12.9. The van der Waals surface area contributed by atoms with E-state index < -0.39 is 0 Å². The van der Waals surface area contributed by atoms with Crippen molar-refractivity contribution in [1.82, 2.24) is 15.0 Å². The molecule has 1 atom stereocenters. The maximum absolute atomic E-state index is 12.9. The molecule has 0 aliphatic carbocycles. The summed E-state index contributed by atoms with van der Waals surface area (Å²) in [6, 6.07) is 10.8. The number of carbonyl (C=O) groups excluding carboxylic acids is 2. The van der Waals surface area contributed by atoms with Crippen LogP contribution in [0.1, 0.15) is 18.2 Å². The van der Waals surface area contributed by atoms with Crippen LogP contribution in [-0.2, 0) is 9.59 Å². The minimum Gasteiger partial charge on any atom is -0.497 e. The predicted octanol–water partition coefficient (Wildman–Crippen LogP) is 2.32. The van der Waals surface area contributed by atoms with Crippen molar-refractivity contribution in [2.75, 3.05) is 31.6 Å². The lowest BCUT2D eigenvalue weighted by atomic mass is 9.96. The van der Waals surface area contributed by atoms with Crippen LogP contribution in [0.2, 0.25) is 0 Å². The average Bonchev–Trinajstić information content (AvgIpc) is 3.47. The quantitative estimate of drug-likeness (QED) is 0.638. The minimum atomic E-state index is -0.356. The van der Waals surface area contributed by atoms with Crippen LogP contribution in [-0.4, -0.2) is 53.6 Å². The third-order valence-corrected chi connectivity index (χ3v) is 5.57. The molecule has 154 valence electrons. The molecule has 2 fully saturated rings. The van der Waals surface area contributed by atoms with E-state index in [0.717, 1.165) is 5.69 Å². The van der Waals surface area contributed by atoms with E-state index >= 15 is 0 Å². The summed E-state index contributed by atoms with van der Waals surface area (Å²) >= 11 is 0. The first-order valence-corrected chi connectivity index (χ1v) is 9.73. The summed E-state index contributed by atoms with van der Waals surface area (Å²) in [5, 5.41) is 3.93. The maximum Gasteiger partial charge on any atom is 0.238 e. The average molecular weight is 408 g/mol. The second-order valence-corrected chi connectivity index (χ2v) is 7.48. The topological polar surface area (TPSA) is 102 Å². The van der Waals surface area contributed by atoms with Crippen molar-refractivity contribution in [3.63, 3.8) is 0 Å². The summed E-state index contributed by atoms with van der Waals surface area (Å²) in [7, 11) is 1.58. The summed E-state index contributed by atoms with van der Waals surface area (Å²) in [4.78, 5) is 33.1. The van der Waals surface area contributed by atoms with Gasteiger partial charge < -0.3 is 23.5 Å². The Hall–Kier alpha value is -3.62. The normalized spacial score (nSPS) is 19.2. The third kappa shape index (κ3) is 3.22. The molecule has 0 N–H and O–H groups in total. The van der Waals surface area contributed by atoms with Crippen LogP contribution in [0.4, 0.5) is 5.69 Å². The molecule has 2 aliphatic rings. The van der Waals surface area contributed by atoms with Gasteiger partial charge in [-0.05, 0) is 24.3 Å². The van der Waals surface area contributed by atoms with E-state index in [-0.39, 0.29) is 30.1 Å². The van der Waals surface area contributed by atoms with Crippen LogP contribution < -0.4 is 9.64 Å². The lowest BCUT2D eigenvalue weighted by Crippen LogP contribution is -2.51. The van der Waals surface area contributed by atoms with Crippen LogP contribution in [0.25, 0.3) is 11.6 Å². The number of rotatable bonds is 5. The van der Waals surface area contributed by atoms with Gasteiger partial charge in [0.2, 0.25) is 23.5 Å². The molecule has 2 saturated heterocycles. The number of furan rings is 1. The molecule has 0 spiro atoms. The number of hydrogen-bond donors (Lipinski definition) is 0. The molecular weight excluding hydrogens is 388 g/mol. The summed E-state index contributed by atoms with van der Waals surface area (Å²) in [5.41, 5.74) is 0.743. The van der Waals surface area contributed by atoms with E-state index in [2.05, 4.69) is 10.1 Å². The number of aromatic nitrogens is 2. The fourth-order valence-electron chi connectivity index (χ4n) is 3.88. The monoisotopic (exact) mass is 408 g/mol. The molecule has 0 radical (unpaired) electrons. The number of carbonyl (C=O) groups is 2. The Morgan fingerprint density at radius 1 is 1.20 bits per heavy atom. The molecule has 1 unspecified atom stereocenters. The number of benzene rings is 1. The molecule has 5 rings (SSSR count). The minimum absolute atomic E-state index is 0.00301. The Labute approximate surface area is 172 Å². The zero-order chi connectivity index (χ0) is 20.7. The summed E-state index contributed by atoms with van der Waals surface area (Å²) in [6.45, 7) is 1.38. The number of methoxy groups -OCH3 is 1. The fraction of sp³-hybridized carbons (Fsp3) is 0.333. The van der Waals surface area contributed by atoms with Gasteiger partial charge in [-0.15, -0.1) is 0 Å². The molecule has 2 aromatic heterocycles. The highest BCUT2D eigenvalue weighted by Crippen LogP contribution is 2.33. The van der Waals surface area contributed by atoms with E-state index in [1.807, 2.05) is 18.2 Å². The molecule has 3 aromatic rings. The van der Waals surface area contributed by atoms with Crippen molar-refractivity contribution in [2.45, 2.75) is 12.3 Å². The van der Waals surface area contributed by atoms with Crippen LogP contribution >= 0.6 is 0 Å². The van der Waals surface area contributed by atoms with Crippen LogP contribution in [0.15, 0.2) is 51.6 Å². The van der Waals surface area contributed by atoms with E-state index in [9.17, 15) is 9.59 Å². The van der Waals surface area contributed by atoms with Crippen LogP contribution in [0, 0.1) is 5.92 Å². The van der Waals surface area contributed by atoms with Crippen molar-refractivity contribution in [2.24, 2.45) is 5.92 Å². The van der Waals surface area contributed by atoms with Crippen LogP contribution in [0.5, 0.6) is 5.75 Å². The van der Waals surface area contributed by atoms with Gasteiger partial charge in [0.25, 0.3) is 0 Å². The Morgan fingerprint density at radius 3 is 2.83 bits per heavy atom. The van der Waals surface area contributed by atoms with Crippen molar-refractivity contribution in [3.8, 4) is 17.3 Å². The van der Waals surface area contributed by atoms with Crippen molar-refractivity contribution < 1.29 is 23.3 Å². The van der Waals surface area contributed by atoms with E-state index in [1.165, 1.54) is 0 Å². The summed E-state index contributed by atoms with van der Waals surface area (Å²) < 4.78 is 15.8. The summed E-state index contributed by atoms with van der Waals surface area (Å²) in [6.07, 6.45) is 1.76.